The van der Waals surface area contributed by atoms with Gasteiger partial charge in [0.25, 0.3) is 0 Å². The summed E-state index contributed by atoms with van der Waals surface area (Å²) in [5.74, 6) is -1.85. The Hall–Kier alpha value is -1.83. The first kappa shape index (κ1) is 16.2. The summed E-state index contributed by atoms with van der Waals surface area (Å²) in [5.41, 5.74) is 4.93. The highest BCUT2D eigenvalue weighted by atomic mass is 16.5. The number of urea groups is 1. The number of hydrogen-bond donors (Lipinski definition) is 4. The second-order valence-corrected chi connectivity index (χ2v) is 4.78. The molecule has 1 aliphatic heterocycles. The maximum Gasteiger partial charge on any atom is 0.326 e. The van der Waals surface area contributed by atoms with Gasteiger partial charge in [0.15, 0.2) is 0 Å². The van der Waals surface area contributed by atoms with E-state index in [2.05, 4.69) is 10.6 Å². The molecule has 0 aromatic heterocycles. The quantitative estimate of drug-likeness (QED) is 0.498. The van der Waals surface area contributed by atoms with E-state index in [0.29, 0.717) is 13.2 Å². The van der Waals surface area contributed by atoms with Crippen molar-refractivity contribution < 1.29 is 24.2 Å². The average Bonchev–Trinajstić information content (AvgIpc) is 2.82. The monoisotopic (exact) mass is 287 g/mol. The zero-order chi connectivity index (χ0) is 15.1. The Bertz CT molecular complexity index is 374. The number of carbonyl (C=O) groups excluding carboxylic acids is 2. The van der Waals surface area contributed by atoms with E-state index in [1.807, 2.05) is 6.92 Å². The lowest BCUT2D eigenvalue weighted by Crippen LogP contribution is -2.48. The summed E-state index contributed by atoms with van der Waals surface area (Å²) >= 11 is 0. The fourth-order valence-electron chi connectivity index (χ4n) is 2.21. The van der Waals surface area contributed by atoms with E-state index in [0.717, 1.165) is 12.8 Å². The number of primary amides is 1. The van der Waals surface area contributed by atoms with Gasteiger partial charge in [-0.05, 0) is 12.8 Å². The molecule has 5 N–H and O–H groups in total. The van der Waals surface area contributed by atoms with Crippen LogP contribution in [-0.2, 0) is 14.3 Å². The third kappa shape index (κ3) is 5.04. The summed E-state index contributed by atoms with van der Waals surface area (Å²) in [6, 6.07) is -1.94. The number of carboxylic acids is 1. The normalized spacial score (nSPS) is 23.1. The molecule has 114 valence electrons. The fourth-order valence-corrected chi connectivity index (χ4v) is 2.21. The van der Waals surface area contributed by atoms with Crippen molar-refractivity contribution in [1.82, 2.24) is 10.6 Å². The molecule has 1 rings (SSSR count). The first-order chi connectivity index (χ1) is 9.43. The highest BCUT2D eigenvalue weighted by Crippen LogP contribution is 2.22. The largest absolute Gasteiger partial charge is 0.480 e. The number of nitrogens with one attached hydrogen (secondary N) is 2. The second-order valence-electron chi connectivity index (χ2n) is 4.78. The second kappa shape index (κ2) is 7.68. The Kier molecular flexibility index (Phi) is 6.23. The molecular weight excluding hydrogens is 266 g/mol. The molecule has 1 saturated heterocycles. The van der Waals surface area contributed by atoms with E-state index in [-0.39, 0.29) is 12.0 Å². The van der Waals surface area contributed by atoms with Crippen LogP contribution in [0.3, 0.4) is 0 Å². The van der Waals surface area contributed by atoms with Crippen LogP contribution in [0, 0.1) is 5.92 Å². The molecule has 0 bridgehead atoms. The van der Waals surface area contributed by atoms with Gasteiger partial charge in [0, 0.05) is 19.1 Å². The standard InChI is InChI=1S/C12H21N3O5/c1-2-9-7(3-4-20-9)6-14-12(19)15-8(11(17)18)5-10(13)16/h7-9H,2-6H2,1H3,(H2,13,16)(H,17,18)(H2,14,15,19)/t7?,8-,9?/m0/s1. The van der Waals surface area contributed by atoms with E-state index in [1.54, 1.807) is 0 Å². The lowest BCUT2D eigenvalue weighted by atomic mass is 10.00. The van der Waals surface area contributed by atoms with Crippen LogP contribution >= 0.6 is 0 Å². The van der Waals surface area contributed by atoms with Crippen LogP contribution in [0.25, 0.3) is 0 Å². The molecule has 3 amide bonds. The first-order valence-corrected chi connectivity index (χ1v) is 6.61. The minimum Gasteiger partial charge on any atom is -0.480 e. The lowest BCUT2D eigenvalue weighted by Gasteiger charge is -2.18. The van der Waals surface area contributed by atoms with Crippen LogP contribution in [0.5, 0.6) is 0 Å². The molecular formula is C12H21N3O5. The average molecular weight is 287 g/mol. The van der Waals surface area contributed by atoms with Crippen molar-refractivity contribution in [3.63, 3.8) is 0 Å². The van der Waals surface area contributed by atoms with E-state index in [9.17, 15) is 14.4 Å². The van der Waals surface area contributed by atoms with Crippen LogP contribution in [-0.4, -0.2) is 48.3 Å². The smallest absolute Gasteiger partial charge is 0.326 e. The van der Waals surface area contributed by atoms with Gasteiger partial charge in [-0.25, -0.2) is 9.59 Å². The van der Waals surface area contributed by atoms with Crippen LogP contribution in [0.15, 0.2) is 0 Å². The van der Waals surface area contributed by atoms with Crippen LogP contribution in [0.4, 0.5) is 4.79 Å². The molecule has 1 aliphatic rings. The van der Waals surface area contributed by atoms with Crippen molar-refractivity contribution in [2.75, 3.05) is 13.2 Å². The summed E-state index contributed by atoms with van der Waals surface area (Å²) in [5, 5.41) is 13.7. The van der Waals surface area contributed by atoms with E-state index >= 15 is 0 Å². The molecule has 0 saturated carbocycles. The van der Waals surface area contributed by atoms with Crippen molar-refractivity contribution in [3.05, 3.63) is 0 Å². The highest BCUT2D eigenvalue weighted by Gasteiger charge is 2.27. The molecule has 1 fully saturated rings. The first-order valence-electron chi connectivity index (χ1n) is 6.61. The predicted octanol–water partition coefficient (Wildman–Crippen LogP) is -0.571. The van der Waals surface area contributed by atoms with Gasteiger partial charge in [0.1, 0.15) is 6.04 Å². The number of ether oxygens (including phenoxy) is 1. The van der Waals surface area contributed by atoms with Gasteiger partial charge in [-0.1, -0.05) is 6.92 Å². The highest BCUT2D eigenvalue weighted by molar-refractivity contribution is 5.87. The van der Waals surface area contributed by atoms with Crippen molar-refractivity contribution in [2.45, 2.75) is 38.3 Å². The number of amides is 3. The maximum atomic E-state index is 11.6. The van der Waals surface area contributed by atoms with E-state index in [1.165, 1.54) is 0 Å². The molecule has 1 heterocycles. The summed E-state index contributed by atoms with van der Waals surface area (Å²) < 4.78 is 5.49. The van der Waals surface area contributed by atoms with Gasteiger partial charge in [0.05, 0.1) is 12.5 Å². The minimum atomic E-state index is -1.31. The molecule has 0 aromatic carbocycles. The Balaban J connectivity index is 2.38. The van der Waals surface area contributed by atoms with Crippen LogP contribution in [0.2, 0.25) is 0 Å². The van der Waals surface area contributed by atoms with Crippen LogP contribution < -0.4 is 16.4 Å². The number of carboxylic acid groups (broad SMARTS) is 1. The third-order valence-electron chi connectivity index (χ3n) is 3.28. The molecule has 2 unspecified atom stereocenters. The summed E-state index contributed by atoms with van der Waals surface area (Å²) in [6.07, 6.45) is 1.42. The Morgan fingerprint density at radius 3 is 2.70 bits per heavy atom. The molecule has 0 radical (unpaired) electrons. The van der Waals surface area contributed by atoms with Gasteiger partial charge in [-0.15, -0.1) is 0 Å². The van der Waals surface area contributed by atoms with Crippen LogP contribution in [0.1, 0.15) is 26.2 Å². The van der Waals surface area contributed by atoms with Gasteiger partial charge in [-0.2, -0.15) is 0 Å². The zero-order valence-corrected chi connectivity index (χ0v) is 11.4. The molecule has 8 nitrogen and oxygen atoms in total. The molecule has 0 spiro atoms. The Labute approximate surface area is 117 Å². The number of aliphatic carboxylic acids is 1. The molecule has 0 aliphatic carbocycles. The Morgan fingerprint density at radius 2 is 2.15 bits per heavy atom. The molecule has 3 atom stereocenters. The Morgan fingerprint density at radius 1 is 1.45 bits per heavy atom. The summed E-state index contributed by atoms with van der Waals surface area (Å²) in [6.45, 7) is 3.09. The number of nitrogens with two attached hydrogens (primary N) is 1. The van der Waals surface area contributed by atoms with Gasteiger partial charge >= 0.3 is 12.0 Å². The summed E-state index contributed by atoms with van der Waals surface area (Å²) in [4.78, 5) is 33.2. The van der Waals surface area contributed by atoms with Crippen molar-refractivity contribution in [2.24, 2.45) is 11.7 Å². The lowest BCUT2D eigenvalue weighted by molar-refractivity contribution is -0.140. The number of hydrogen-bond acceptors (Lipinski definition) is 4. The predicted molar refractivity (Wildman–Crippen MR) is 69.9 cm³/mol. The van der Waals surface area contributed by atoms with E-state index < -0.39 is 30.4 Å². The van der Waals surface area contributed by atoms with Gasteiger partial charge < -0.3 is 26.2 Å². The number of carbonyl (C=O) groups is 3. The zero-order valence-electron chi connectivity index (χ0n) is 11.4. The van der Waals surface area contributed by atoms with Crippen molar-refractivity contribution in [3.8, 4) is 0 Å². The summed E-state index contributed by atoms with van der Waals surface area (Å²) in [7, 11) is 0. The molecule has 0 aromatic rings. The van der Waals surface area contributed by atoms with Crippen molar-refractivity contribution >= 4 is 17.9 Å². The maximum absolute atomic E-state index is 11.6. The topological polar surface area (TPSA) is 131 Å². The molecule has 20 heavy (non-hydrogen) atoms. The number of rotatable bonds is 7. The molecule has 8 heteroatoms. The minimum absolute atomic E-state index is 0.121. The third-order valence-corrected chi connectivity index (χ3v) is 3.28. The van der Waals surface area contributed by atoms with Gasteiger partial charge in [0.2, 0.25) is 5.91 Å². The van der Waals surface area contributed by atoms with E-state index in [4.69, 9.17) is 15.6 Å². The van der Waals surface area contributed by atoms with Gasteiger partial charge in [-0.3, -0.25) is 4.79 Å². The van der Waals surface area contributed by atoms with Crippen molar-refractivity contribution in [1.29, 1.82) is 0 Å². The fraction of sp³-hybridized carbons (Fsp3) is 0.750. The SMILES string of the molecule is CCC1OCCC1CNC(=O)N[C@@H](CC(N)=O)C(=O)O.